The Morgan fingerprint density at radius 2 is 1.82 bits per heavy atom. The molecule has 0 unspecified atom stereocenters. The molecule has 1 aromatic carbocycles. The maximum absolute atomic E-state index is 12.9. The zero-order valence-corrected chi connectivity index (χ0v) is 17.5. The van der Waals surface area contributed by atoms with Crippen molar-refractivity contribution in [2.24, 2.45) is 0 Å². The van der Waals surface area contributed by atoms with Crippen LogP contribution in [0.4, 0.5) is 0 Å². The van der Waals surface area contributed by atoms with E-state index < -0.39 is 10.0 Å². The highest BCUT2D eigenvalue weighted by Gasteiger charge is 2.30. The molecular formula is C19H29N3O5S. The van der Waals surface area contributed by atoms with Crippen molar-refractivity contribution in [1.29, 1.82) is 0 Å². The molecule has 0 aromatic heterocycles. The smallest absolute Gasteiger partial charge is 0.305 e. The van der Waals surface area contributed by atoms with Gasteiger partial charge in [0.15, 0.2) is 0 Å². The molecule has 1 aliphatic rings. The highest BCUT2D eigenvalue weighted by atomic mass is 32.2. The molecule has 0 radical (unpaired) electrons. The topological polar surface area (TPSA) is 96.0 Å². The van der Waals surface area contributed by atoms with E-state index in [1.165, 1.54) is 11.4 Å². The first-order valence-corrected chi connectivity index (χ1v) is 10.8. The Kier molecular flexibility index (Phi) is 7.97. The van der Waals surface area contributed by atoms with Crippen LogP contribution in [0.5, 0.6) is 0 Å². The van der Waals surface area contributed by atoms with Gasteiger partial charge in [-0.1, -0.05) is 17.7 Å². The predicted molar refractivity (Wildman–Crippen MR) is 105 cm³/mol. The standard InChI is InChI=1S/C19H29N3O5S/c1-15-6-7-17(16(2)13-15)28(25,26)22-11-9-21(10-12-22)14-18(23)20-8-4-5-19(24)27-3/h6-7,13H,4-5,8-12,14H2,1-3H3,(H,20,23). The summed E-state index contributed by atoms with van der Waals surface area (Å²) < 4.78 is 31.8. The van der Waals surface area contributed by atoms with Gasteiger partial charge in [-0.25, -0.2) is 8.42 Å². The molecule has 0 spiro atoms. The highest BCUT2D eigenvalue weighted by Crippen LogP contribution is 2.22. The lowest BCUT2D eigenvalue weighted by atomic mass is 10.2. The van der Waals surface area contributed by atoms with Gasteiger partial charge in [0, 0.05) is 39.1 Å². The summed E-state index contributed by atoms with van der Waals surface area (Å²) in [7, 11) is -2.19. The molecule has 1 amide bonds. The van der Waals surface area contributed by atoms with Crippen molar-refractivity contribution in [3.63, 3.8) is 0 Å². The third-order valence-electron chi connectivity index (χ3n) is 4.75. The largest absolute Gasteiger partial charge is 0.469 e. The maximum atomic E-state index is 12.9. The summed E-state index contributed by atoms with van der Waals surface area (Å²) >= 11 is 0. The number of ether oxygens (including phenoxy) is 1. The van der Waals surface area contributed by atoms with Gasteiger partial charge in [0.25, 0.3) is 0 Å². The lowest BCUT2D eigenvalue weighted by Gasteiger charge is -2.33. The van der Waals surface area contributed by atoms with E-state index in [0.717, 1.165) is 11.1 Å². The molecule has 1 aromatic rings. The van der Waals surface area contributed by atoms with E-state index in [-0.39, 0.29) is 24.8 Å². The predicted octanol–water partition coefficient (Wildman–Crippen LogP) is 0.679. The molecule has 1 N–H and O–H groups in total. The average Bonchev–Trinajstić information content (AvgIpc) is 2.65. The lowest BCUT2D eigenvalue weighted by Crippen LogP contribution is -2.51. The highest BCUT2D eigenvalue weighted by molar-refractivity contribution is 7.89. The molecule has 1 heterocycles. The van der Waals surface area contributed by atoms with Crippen molar-refractivity contribution in [3.05, 3.63) is 29.3 Å². The second-order valence-corrected chi connectivity index (χ2v) is 8.89. The van der Waals surface area contributed by atoms with E-state index in [9.17, 15) is 18.0 Å². The summed E-state index contributed by atoms with van der Waals surface area (Å²) in [6, 6.07) is 5.34. The van der Waals surface area contributed by atoms with Crippen molar-refractivity contribution in [2.75, 3.05) is 46.4 Å². The summed E-state index contributed by atoms with van der Waals surface area (Å²) in [6.45, 7) is 6.07. The van der Waals surface area contributed by atoms with Crippen LogP contribution < -0.4 is 5.32 Å². The van der Waals surface area contributed by atoms with Crippen molar-refractivity contribution in [1.82, 2.24) is 14.5 Å². The summed E-state index contributed by atoms with van der Waals surface area (Å²) in [5.41, 5.74) is 1.77. The molecule has 0 bridgehead atoms. The number of sulfonamides is 1. The van der Waals surface area contributed by atoms with Gasteiger partial charge in [-0.05, 0) is 31.9 Å². The minimum atomic E-state index is -3.53. The first-order valence-electron chi connectivity index (χ1n) is 9.37. The number of amides is 1. The van der Waals surface area contributed by atoms with Crippen LogP contribution in [-0.4, -0.2) is 75.9 Å². The third-order valence-corrected chi connectivity index (χ3v) is 6.81. The molecule has 2 rings (SSSR count). The number of carbonyl (C=O) groups excluding carboxylic acids is 2. The van der Waals surface area contributed by atoms with E-state index in [0.29, 0.717) is 44.0 Å². The summed E-state index contributed by atoms with van der Waals surface area (Å²) in [5.74, 6) is -0.425. The lowest BCUT2D eigenvalue weighted by molar-refractivity contribution is -0.140. The number of nitrogens with zero attached hydrogens (tertiary/aromatic N) is 2. The Balaban J connectivity index is 1.80. The Labute approximate surface area is 166 Å². The number of hydrogen-bond donors (Lipinski definition) is 1. The molecule has 1 aliphatic heterocycles. The van der Waals surface area contributed by atoms with E-state index in [2.05, 4.69) is 10.1 Å². The number of esters is 1. The average molecular weight is 412 g/mol. The van der Waals surface area contributed by atoms with Crippen molar-refractivity contribution >= 4 is 21.9 Å². The SMILES string of the molecule is COC(=O)CCCNC(=O)CN1CCN(S(=O)(=O)c2ccc(C)cc2C)CC1. The molecule has 0 aliphatic carbocycles. The number of rotatable bonds is 8. The van der Waals surface area contributed by atoms with Gasteiger partial charge in [0.1, 0.15) is 0 Å². The fourth-order valence-electron chi connectivity index (χ4n) is 3.18. The number of nitrogens with one attached hydrogen (secondary N) is 1. The molecular weight excluding hydrogens is 382 g/mol. The normalized spacial score (nSPS) is 16.0. The minimum Gasteiger partial charge on any atom is -0.469 e. The molecule has 9 heteroatoms. The number of piperazine rings is 1. The van der Waals surface area contributed by atoms with E-state index in [1.54, 1.807) is 19.1 Å². The van der Waals surface area contributed by atoms with Crippen molar-refractivity contribution in [3.8, 4) is 0 Å². The van der Waals surface area contributed by atoms with Crippen LogP contribution in [0.2, 0.25) is 0 Å². The zero-order valence-electron chi connectivity index (χ0n) is 16.7. The van der Waals surface area contributed by atoms with Crippen LogP contribution in [0.15, 0.2) is 23.1 Å². The molecule has 28 heavy (non-hydrogen) atoms. The fourth-order valence-corrected chi connectivity index (χ4v) is 4.81. The van der Waals surface area contributed by atoms with Gasteiger partial charge in [0.2, 0.25) is 15.9 Å². The number of carbonyl (C=O) groups is 2. The molecule has 1 saturated heterocycles. The number of methoxy groups -OCH3 is 1. The van der Waals surface area contributed by atoms with Crippen LogP contribution in [0.3, 0.4) is 0 Å². The van der Waals surface area contributed by atoms with Gasteiger partial charge >= 0.3 is 5.97 Å². The maximum Gasteiger partial charge on any atom is 0.305 e. The van der Waals surface area contributed by atoms with Crippen LogP contribution >= 0.6 is 0 Å². The number of benzene rings is 1. The van der Waals surface area contributed by atoms with Gasteiger partial charge in [-0.2, -0.15) is 4.31 Å². The minimum absolute atomic E-state index is 0.129. The van der Waals surface area contributed by atoms with Crippen LogP contribution in [0.25, 0.3) is 0 Å². The zero-order chi connectivity index (χ0) is 20.7. The quantitative estimate of drug-likeness (QED) is 0.499. The number of hydrogen-bond acceptors (Lipinski definition) is 6. The van der Waals surface area contributed by atoms with Crippen LogP contribution in [0, 0.1) is 13.8 Å². The van der Waals surface area contributed by atoms with Gasteiger partial charge in [0.05, 0.1) is 18.6 Å². The van der Waals surface area contributed by atoms with Gasteiger partial charge < -0.3 is 10.1 Å². The summed E-state index contributed by atoms with van der Waals surface area (Å²) in [5, 5.41) is 2.77. The molecule has 8 nitrogen and oxygen atoms in total. The Morgan fingerprint density at radius 1 is 1.14 bits per heavy atom. The fraction of sp³-hybridized carbons (Fsp3) is 0.579. The third kappa shape index (κ3) is 6.02. The van der Waals surface area contributed by atoms with Crippen molar-refractivity contribution < 1.29 is 22.7 Å². The van der Waals surface area contributed by atoms with Crippen LogP contribution in [-0.2, 0) is 24.3 Å². The first-order chi connectivity index (χ1) is 13.2. The second kappa shape index (κ2) is 9.99. The Hall–Kier alpha value is -1.97. The first kappa shape index (κ1) is 22.3. The van der Waals surface area contributed by atoms with E-state index >= 15 is 0 Å². The Morgan fingerprint density at radius 3 is 2.43 bits per heavy atom. The second-order valence-electron chi connectivity index (χ2n) is 6.98. The Bertz CT molecular complexity index is 802. The van der Waals surface area contributed by atoms with E-state index in [4.69, 9.17) is 0 Å². The van der Waals surface area contributed by atoms with Gasteiger partial charge in [-0.3, -0.25) is 14.5 Å². The van der Waals surface area contributed by atoms with Crippen molar-refractivity contribution in [2.45, 2.75) is 31.6 Å². The molecule has 1 fully saturated rings. The van der Waals surface area contributed by atoms with E-state index in [1.807, 2.05) is 17.9 Å². The molecule has 156 valence electrons. The van der Waals surface area contributed by atoms with Gasteiger partial charge in [-0.15, -0.1) is 0 Å². The van der Waals surface area contributed by atoms with Crippen LogP contribution in [0.1, 0.15) is 24.0 Å². The number of aryl methyl sites for hydroxylation is 2. The monoisotopic (exact) mass is 411 g/mol. The summed E-state index contributed by atoms with van der Waals surface area (Å²) in [6.07, 6.45) is 0.798. The summed E-state index contributed by atoms with van der Waals surface area (Å²) in [4.78, 5) is 25.3. The molecule has 0 saturated carbocycles. The molecule has 0 atom stereocenters.